The highest BCUT2D eigenvalue weighted by molar-refractivity contribution is 5.87. The Labute approximate surface area is 127 Å². The van der Waals surface area contributed by atoms with Crippen LogP contribution in [0.5, 0.6) is 0 Å². The van der Waals surface area contributed by atoms with Crippen LogP contribution in [0.2, 0.25) is 0 Å². The fourth-order valence-corrected chi connectivity index (χ4v) is 3.77. The molecule has 2 atom stereocenters. The van der Waals surface area contributed by atoms with E-state index in [-0.39, 0.29) is 23.5 Å². The molecule has 1 amide bonds. The predicted octanol–water partition coefficient (Wildman–Crippen LogP) is 1.85. The number of nitrogens with zero attached hydrogens (tertiary/aromatic N) is 1. The van der Waals surface area contributed by atoms with Crippen molar-refractivity contribution in [3.8, 4) is 0 Å². The van der Waals surface area contributed by atoms with Crippen molar-refractivity contribution >= 4 is 11.9 Å². The third-order valence-electron chi connectivity index (χ3n) is 4.85. The zero-order valence-corrected chi connectivity index (χ0v) is 13.3. The summed E-state index contributed by atoms with van der Waals surface area (Å²) in [6.45, 7) is 3.81. The van der Waals surface area contributed by atoms with E-state index in [9.17, 15) is 9.59 Å². The molecule has 2 aliphatic heterocycles. The van der Waals surface area contributed by atoms with E-state index in [1.807, 2.05) is 4.90 Å². The Hall–Kier alpha value is -1.10. The molecule has 120 valence electrons. The second-order valence-electron chi connectivity index (χ2n) is 6.29. The Kier molecular flexibility index (Phi) is 5.62. The van der Waals surface area contributed by atoms with Gasteiger partial charge in [-0.3, -0.25) is 9.59 Å². The van der Waals surface area contributed by atoms with Gasteiger partial charge in [0.25, 0.3) is 0 Å². The van der Waals surface area contributed by atoms with Crippen LogP contribution in [-0.2, 0) is 14.3 Å². The third-order valence-corrected chi connectivity index (χ3v) is 4.85. The zero-order chi connectivity index (χ0) is 15.3. The summed E-state index contributed by atoms with van der Waals surface area (Å²) in [6, 6.07) is 0.00910. The highest BCUT2D eigenvalue weighted by Crippen LogP contribution is 2.31. The quantitative estimate of drug-likeness (QED) is 0.787. The van der Waals surface area contributed by atoms with Gasteiger partial charge in [-0.15, -0.1) is 0 Å². The third kappa shape index (κ3) is 3.57. The van der Waals surface area contributed by atoms with E-state index in [2.05, 4.69) is 12.2 Å². The Morgan fingerprint density at radius 2 is 2.14 bits per heavy atom. The van der Waals surface area contributed by atoms with Gasteiger partial charge in [-0.1, -0.05) is 13.3 Å². The Balaban J connectivity index is 2.11. The molecule has 2 aliphatic rings. The lowest BCUT2D eigenvalue weighted by Crippen LogP contribution is -2.58. The molecule has 2 saturated heterocycles. The van der Waals surface area contributed by atoms with Crippen molar-refractivity contribution in [2.24, 2.45) is 0 Å². The number of hydrogen-bond acceptors (Lipinski definition) is 4. The smallest absolute Gasteiger partial charge is 0.307 e. The maximum Gasteiger partial charge on any atom is 0.307 e. The molecule has 0 aliphatic carbocycles. The molecule has 1 N–H and O–H groups in total. The Morgan fingerprint density at radius 3 is 2.76 bits per heavy atom. The van der Waals surface area contributed by atoms with E-state index in [0.29, 0.717) is 6.42 Å². The highest BCUT2D eigenvalue weighted by atomic mass is 16.5. The first-order valence-electron chi connectivity index (χ1n) is 8.26. The fourth-order valence-electron chi connectivity index (χ4n) is 3.77. The monoisotopic (exact) mass is 296 g/mol. The van der Waals surface area contributed by atoms with Gasteiger partial charge >= 0.3 is 5.97 Å². The first-order valence-corrected chi connectivity index (χ1v) is 8.26. The summed E-state index contributed by atoms with van der Waals surface area (Å²) >= 11 is 0. The van der Waals surface area contributed by atoms with Gasteiger partial charge in [0, 0.05) is 12.6 Å². The SMILES string of the molecule is CCCC1(C(=O)N2CCCCC2CC(=O)OC)CCCN1. The molecule has 2 rings (SSSR count). The van der Waals surface area contributed by atoms with Crippen molar-refractivity contribution in [1.82, 2.24) is 10.2 Å². The molecule has 5 nitrogen and oxygen atoms in total. The maximum atomic E-state index is 13.1. The lowest BCUT2D eigenvalue weighted by atomic mass is 9.87. The van der Waals surface area contributed by atoms with Crippen molar-refractivity contribution in [2.45, 2.75) is 69.9 Å². The molecule has 2 heterocycles. The number of ether oxygens (including phenoxy) is 1. The van der Waals surface area contributed by atoms with E-state index in [0.717, 1.165) is 58.0 Å². The number of piperidine rings is 1. The van der Waals surface area contributed by atoms with Gasteiger partial charge in [0.1, 0.15) is 0 Å². The molecular weight excluding hydrogens is 268 g/mol. The number of methoxy groups -OCH3 is 1. The molecule has 0 saturated carbocycles. The van der Waals surface area contributed by atoms with Gasteiger partial charge in [-0.25, -0.2) is 0 Å². The van der Waals surface area contributed by atoms with Gasteiger partial charge in [0.05, 0.1) is 19.1 Å². The van der Waals surface area contributed by atoms with E-state index < -0.39 is 0 Å². The number of carbonyl (C=O) groups excluding carboxylic acids is 2. The molecule has 21 heavy (non-hydrogen) atoms. The molecule has 2 fully saturated rings. The number of hydrogen-bond donors (Lipinski definition) is 1. The van der Waals surface area contributed by atoms with Crippen LogP contribution >= 0.6 is 0 Å². The molecule has 5 heteroatoms. The molecular formula is C16H28N2O3. The number of esters is 1. The molecule has 0 aromatic rings. The summed E-state index contributed by atoms with van der Waals surface area (Å²) in [7, 11) is 1.41. The van der Waals surface area contributed by atoms with E-state index in [1.54, 1.807) is 0 Å². The van der Waals surface area contributed by atoms with Crippen LogP contribution in [0.15, 0.2) is 0 Å². The van der Waals surface area contributed by atoms with Crippen LogP contribution in [0.1, 0.15) is 58.3 Å². The minimum absolute atomic E-state index is 0.00910. The van der Waals surface area contributed by atoms with Crippen LogP contribution in [-0.4, -0.2) is 48.6 Å². The van der Waals surface area contributed by atoms with E-state index >= 15 is 0 Å². The number of rotatable bonds is 5. The number of amides is 1. The van der Waals surface area contributed by atoms with Gasteiger partial charge in [-0.05, 0) is 45.1 Å². The summed E-state index contributed by atoms with van der Waals surface area (Å²) in [5.41, 5.74) is -0.388. The van der Waals surface area contributed by atoms with E-state index in [4.69, 9.17) is 4.74 Å². The second kappa shape index (κ2) is 7.25. The van der Waals surface area contributed by atoms with Crippen LogP contribution in [0.25, 0.3) is 0 Å². The molecule has 0 radical (unpaired) electrons. The van der Waals surface area contributed by atoms with Crippen molar-refractivity contribution in [1.29, 1.82) is 0 Å². The predicted molar refractivity (Wildman–Crippen MR) is 80.9 cm³/mol. The van der Waals surface area contributed by atoms with Gasteiger partial charge < -0.3 is 15.0 Å². The standard InChI is InChI=1S/C16H28N2O3/c1-3-8-16(9-6-10-17-16)15(20)18-11-5-4-7-13(18)12-14(19)21-2/h13,17H,3-12H2,1-2H3. The summed E-state index contributed by atoms with van der Waals surface area (Å²) in [5, 5.41) is 3.45. The Morgan fingerprint density at radius 1 is 1.33 bits per heavy atom. The van der Waals surface area contributed by atoms with E-state index in [1.165, 1.54) is 7.11 Å². The Bertz CT molecular complexity index is 378. The lowest BCUT2D eigenvalue weighted by Gasteiger charge is -2.41. The minimum atomic E-state index is -0.388. The van der Waals surface area contributed by atoms with Crippen LogP contribution in [0.4, 0.5) is 0 Å². The first-order chi connectivity index (χ1) is 10.1. The minimum Gasteiger partial charge on any atom is -0.469 e. The second-order valence-corrected chi connectivity index (χ2v) is 6.29. The highest BCUT2D eigenvalue weighted by Gasteiger charge is 2.44. The lowest BCUT2D eigenvalue weighted by molar-refractivity contribution is -0.147. The van der Waals surface area contributed by atoms with Crippen LogP contribution in [0.3, 0.4) is 0 Å². The molecule has 0 bridgehead atoms. The normalized spacial score (nSPS) is 29.4. The molecule has 0 aromatic heterocycles. The number of carbonyl (C=O) groups is 2. The van der Waals surface area contributed by atoms with Crippen molar-refractivity contribution < 1.29 is 14.3 Å². The van der Waals surface area contributed by atoms with Gasteiger partial charge in [0.2, 0.25) is 5.91 Å². The fraction of sp³-hybridized carbons (Fsp3) is 0.875. The van der Waals surface area contributed by atoms with Crippen molar-refractivity contribution in [2.75, 3.05) is 20.2 Å². The maximum absolute atomic E-state index is 13.1. The van der Waals surface area contributed by atoms with Crippen LogP contribution in [0, 0.1) is 0 Å². The molecule has 2 unspecified atom stereocenters. The molecule has 0 spiro atoms. The van der Waals surface area contributed by atoms with Crippen molar-refractivity contribution in [3.63, 3.8) is 0 Å². The van der Waals surface area contributed by atoms with Gasteiger partial charge in [-0.2, -0.15) is 0 Å². The largest absolute Gasteiger partial charge is 0.469 e. The van der Waals surface area contributed by atoms with Crippen molar-refractivity contribution in [3.05, 3.63) is 0 Å². The van der Waals surface area contributed by atoms with Gasteiger partial charge in [0.15, 0.2) is 0 Å². The molecule has 0 aromatic carbocycles. The number of likely N-dealkylation sites (tertiary alicyclic amines) is 1. The summed E-state index contributed by atoms with van der Waals surface area (Å²) in [4.78, 5) is 26.7. The number of nitrogens with one attached hydrogen (secondary N) is 1. The average molecular weight is 296 g/mol. The average Bonchev–Trinajstić information content (AvgIpc) is 2.97. The summed E-state index contributed by atoms with van der Waals surface area (Å²) in [5.74, 6) is -0.0147. The zero-order valence-electron chi connectivity index (χ0n) is 13.3. The first kappa shape index (κ1) is 16.3. The summed E-state index contributed by atoms with van der Waals surface area (Å²) < 4.78 is 4.79. The van der Waals surface area contributed by atoms with Crippen LogP contribution < -0.4 is 5.32 Å². The topological polar surface area (TPSA) is 58.6 Å². The summed E-state index contributed by atoms with van der Waals surface area (Å²) in [6.07, 6.45) is 7.20.